The zero-order chi connectivity index (χ0) is 15.0. The number of hydrogen-bond donors (Lipinski definition) is 1. The number of nitrogens with zero attached hydrogens (tertiary/aromatic N) is 1. The van der Waals surface area contributed by atoms with Crippen molar-refractivity contribution in [3.63, 3.8) is 0 Å². The average Bonchev–Trinajstić information content (AvgIpc) is 2.73. The molecule has 2 aliphatic heterocycles. The molecule has 2 heterocycles. The molecule has 1 aromatic rings. The van der Waals surface area contributed by atoms with Crippen LogP contribution in [0.25, 0.3) is 0 Å². The third-order valence-corrected chi connectivity index (χ3v) is 6.00. The SMILES string of the molecule is CC1CN(C(=O)C2CCS(=O)(=O)C2)c2ccccc2CN1. The van der Waals surface area contributed by atoms with Gasteiger partial charge in [0.05, 0.1) is 17.4 Å². The molecule has 0 saturated carbocycles. The Morgan fingerprint density at radius 3 is 2.81 bits per heavy atom. The van der Waals surface area contributed by atoms with Crippen LogP contribution in [0.3, 0.4) is 0 Å². The number of para-hydroxylation sites is 1. The predicted molar refractivity (Wildman–Crippen MR) is 81.9 cm³/mol. The van der Waals surface area contributed by atoms with E-state index < -0.39 is 15.8 Å². The number of amides is 1. The first-order valence-corrected chi connectivity index (χ1v) is 9.11. The van der Waals surface area contributed by atoms with Crippen LogP contribution in [0.2, 0.25) is 0 Å². The first-order chi connectivity index (χ1) is 9.96. The van der Waals surface area contributed by atoms with E-state index in [1.54, 1.807) is 4.90 Å². The normalized spacial score (nSPS) is 28.0. The van der Waals surface area contributed by atoms with Gasteiger partial charge in [-0.25, -0.2) is 8.42 Å². The highest BCUT2D eigenvalue weighted by Gasteiger charge is 2.37. The van der Waals surface area contributed by atoms with Gasteiger partial charge in [-0.2, -0.15) is 0 Å². The van der Waals surface area contributed by atoms with Crippen LogP contribution in [-0.2, 0) is 21.2 Å². The van der Waals surface area contributed by atoms with E-state index in [0.717, 1.165) is 17.8 Å². The number of carbonyl (C=O) groups is 1. The Morgan fingerprint density at radius 2 is 2.10 bits per heavy atom. The molecule has 6 heteroatoms. The van der Waals surface area contributed by atoms with Crippen LogP contribution in [-0.4, -0.2) is 38.4 Å². The molecule has 5 nitrogen and oxygen atoms in total. The zero-order valence-corrected chi connectivity index (χ0v) is 12.9. The van der Waals surface area contributed by atoms with E-state index in [2.05, 4.69) is 5.32 Å². The maximum Gasteiger partial charge on any atom is 0.231 e. The molecule has 1 saturated heterocycles. The molecule has 0 bridgehead atoms. The smallest absolute Gasteiger partial charge is 0.231 e. The molecule has 2 aliphatic rings. The lowest BCUT2D eigenvalue weighted by atomic mass is 10.1. The highest BCUT2D eigenvalue weighted by Crippen LogP contribution is 2.28. The van der Waals surface area contributed by atoms with Crippen molar-refractivity contribution in [1.82, 2.24) is 5.32 Å². The monoisotopic (exact) mass is 308 g/mol. The molecule has 3 rings (SSSR count). The maximum atomic E-state index is 12.8. The third kappa shape index (κ3) is 2.96. The van der Waals surface area contributed by atoms with Crippen LogP contribution >= 0.6 is 0 Å². The number of sulfone groups is 1. The fraction of sp³-hybridized carbons (Fsp3) is 0.533. The summed E-state index contributed by atoms with van der Waals surface area (Å²) in [7, 11) is -3.04. The second kappa shape index (κ2) is 5.42. The van der Waals surface area contributed by atoms with Crippen LogP contribution in [0, 0.1) is 5.92 Å². The first kappa shape index (κ1) is 14.5. The summed E-state index contributed by atoms with van der Waals surface area (Å²) >= 11 is 0. The largest absolute Gasteiger partial charge is 0.310 e. The van der Waals surface area contributed by atoms with E-state index in [-0.39, 0.29) is 23.5 Å². The van der Waals surface area contributed by atoms with Gasteiger partial charge in [-0.3, -0.25) is 4.79 Å². The molecule has 0 aromatic heterocycles. The van der Waals surface area contributed by atoms with Crippen molar-refractivity contribution in [2.75, 3.05) is 23.0 Å². The van der Waals surface area contributed by atoms with Crippen LogP contribution in [0.15, 0.2) is 24.3 Å². The second-order valence-electron chi connectivity index (χ2n) is 5.96. The number of benzene rings is 1. The van der Waals surface area contributed by atoms with Crippen molar-refractivity contribution in [3.8, 4) is 0 Å². The number of nitrogens with one attached hydrogen (secondary N) is 1. The van der Waals surface area contributed by atoms with Crippen LogP contribution in [0.5, 0.6) is 0 Å². The summed E-state index contributed by atoms with van der Waals surface area (Å²) in [6, 6.07) is 8.00. The molecule has 1 fully saturated rings. The Balaban J connectivity index is 1.91. The van der Waals surface area contributed by atoms with E-state index >= 15 is 0 Å². The van der Waals surface area contributed by atoms with Gasteiger partial charge in [0.2, 0.25) is 5.91 Å². The summed E-state index contributed by atoms with van der Waals surface area (Å²) in [5.41, 5.74) is 1.99. The molecule has 0 aliphatic carbocycles. The molecular formula is C15H20N2O3S. The van der Waals surface area contributed by atoms with Gasteiger partial charge >= 0.3 is 0 Å². The Morgan fingerprint density at radius 1 is 1.33 bits per heavy atom. The molecule has 21 heavy (non-hydrogen) atoms. The van der Waals surface area contributed by atoms with Gasteiger partial charge in [-0.1, -0.05) is 18.2 Å². The molecule has 2 atom stereocenters. The van der Waals surface area contributed by atoms with E-state index in [0.29, 0.717) is 13.0 Å². The van der Waals surface area contributed by atoms with Crippen LogP contribution < -0.4 is 10.2 Å². The topological polar surface area (TPSA) is 66.5 Å². The zero-order valence-electron chi connectivity index (χ0n) is 12.1. The van der Waals surface area contributed by atoms with Gasteiger partial charge in [-0.15, -0.1) is 0 Å². The molecule has 114 valence electrons. The van der Waals surface area contributed by atoms with Gasteiger partial charge in [0.25, 0.3) is 0 Å². The number of hydrogen-bond acceptors (Lipinski definition) is 4. The number of carbonyl (C=O) groups excluding carboxylic acids is 1. The summed E-state index contributed by atoms with van der Waals surface area (Å²) in [6.45, 7) is 3.34. The summed E-state index contributed by atoms with van der Waals surface area (Å²) in [5.74, 6) is -0.327. The molecular weight excluding hydrogens is 288 g/mol. The highest BCUT2D eigenvalue weighted by atomic mass is 32.2. The number of fused-ring (bicyclic) bond motifs is 1. The Hall–Kier alpha value is -1.40. The van der Waals surface area contributed by atoms with Crippen molar-refractivity contribution in [3.05, 3.63) is 29.8 Å². The Labute approximate surface area is 125 Å². The Bertz CT molecular complexity index is 657. The minimum absolute atomic E-state index is 0.00763. The van der Waals surface area contributed by atoms with Crippen LogP contribution in [0.1, 0.15) is 18.9 Å². The number of anilines is 1. The molecule has 1 aromatic carbocycles. The molecule has 0 spiro atoms. The summed E-state index contributed by atoms with van der Waals surface area (Å²) in [6.07, 6.45) is 0.446. The average molecular weight is 308 g/mol. The minimum Gasteiger partial charge on any atom is -0.310 e. The van der Waals surface area contributed by atoms with Gasteiger partial charge in [0.1, 0.15) is 0 Å². The summed E-state index contributed by atoms with van der Waals surface area (Å²) in [5, 5.41) is 3.38. The highest BCUT2D eigenvalue weighted by molar-refractivity contribution is 7.91. The van der Waals surface area contributed by atoms with Gasteiger partial charge in [0, 0.05) is 24.8 Å². The van der Waals surface area contributed by atoms with Crippen molar-refractivity contribution in [1.29, 1.82) is 0 Å². The van der Waals surface area contributed by atoms with Crippen molar-refractivity contribution in [2.45, 2.75) is 25.9 Å². The van der Waals surface area contributed by atoms with Crippen molar-refractivity contribution in [2.24, 2.45) is 5.92 Å². The third-order valence-electron chi connectivity index (χ3n) is 4.23. The molecule has 1 amide bonds. The fourth-order valence-corrected chi connectivity index (χ4v) is 4.80. The lowest BCUT2D eigenvalue weighted by molar-refractivity contribution is -0.121. The molecule has 2 unspecified atom stereocenters. The Kier molecular flexibility index (Phi) is 3.75. The predicted octanol–water partition coefficient (Wildman–Crippen LogP) is 0.946. The van der Waals surface area contributed by atoms with E-state index in [4.69, 9.17) is 0 Å². The van der Waals surface area contributed by atoms with Crippen molar-refractivity contribution < 1.29 is 13.2 Å². The van der Waals surface area contributed by atoms with E-state index in [1.807, 2.05) is 31.2 Å². The van der Waals surface area contributed by atoms with Gasteiger partial charge in [0.15, 0.2) is 9.84 Å². The van der Waals surface area contributed by atoms with Gasteiger partial charge < -0.3 is 10.2 Å². The van der Waals surface area contributed by atoms with Crippen LogP contribution in [0.4, 0.5) is 5.69 Å². The standard InChI is InChI=1S/C15H20N2O3S/c1-11-9-17(14-5-3-2-4-12(14)8-16-11)15(18)13-6-7-21(19,20)10-13/h2-5,11,13,16H,6-10H2,1H3. The quantitative estimate of drug-likeness (QED) is 0.839. The number of rotatable bonds is 1. The first-order valence-electron chi connectivity index (χ1n) is 7.29. The maximum absolute atomic E-state index is 12.8. The van der Waals surface area contributed by atoms with E-state index in [9.17, 15) is 13.2 Å². The molecule has 0 radical (unpaired) electrons. The summed E-state index contributed by atoms with van der Waals surface area (Å²) < 4.78 is 23.2. The van der Waals surface area contributed by atoms with Gasteiger partial charge in [-0.05, 0) is 25.0 Å². The fourth-order valence-electron chi connectivity index (χ4n) is 3.06. The second-order valence-corrected chi connectivity index (χ2v) is 8.19. The van der Waals surface area contributed by atoms with E-state index in [1.165, 1.54) is 0 Å². The summed E-state index contributed by atoms with van der Waals surface area (Å²) in [4.78, 5) is 14.6. The minimum atomic E-state index is -3.04. The van der Waals surface area contributed by atoms with Crippen molar-refractivity contribution >= 4 is 21.4 Å². The lowest BCUT2D eigenvalue weighted by Gasteiger charge is -2.26. The lowest BCUT2D eigenvalue weighted by Crippen LogP contribution is -2.42. The molecule has 1 N–H and O–H groups in total.